The van der Waals surface area contributed by atoms with Gasteiger partial charge in [-0.1, -0.05) is 18.2 Å². The van der Waals surface area contributed by atoms with Crippen molar-refractivity contribution in [3.05, 3.63) is 60.3 Å². The molecule has 0 radical (unpaired) electrons. The smallest absolute Gasteiger partial charge is 0.341 e. The molecule has 0 aliphatic carbocycles. The maximum absolute atomic E-state index is 12.5. The van der Waals surface area contributed by atoms with E-state index < -0.39 is 0 Å². The number of pyridine rings is 1. The van der Waals surface area contributed by atoms with E-state index in [1.807, 2.05) is 24.3 Å². The van der Waals surface area contributed by atoms with Crippen LogP contribution in [0, 0.1) is 0 Å². The lowest BCUT2D eigenvalue weighted by atomic mass is 10.1. The van der Waals surface area contributed by atoms with E-state index in [4.69, 9.17) is 4.74 Å². The van der Waals surface area contributed by atoms with Gasteiger partial charge in [0.1, 0.15) is 5.56 Å². The molecule has 156 valence electrons. The molecule has 1 saturated heterocycles. The Kier molecular flexibility index (Phi) is 5.86. The number of esters is 1. The molecule has 1 aliphatic rings. The first-order valence-electron chi connectivity index (χ1n) is 10.4. The minimum absolute atomic E-state index is 0.323. The molecule has 4 rings (SSSR count). The molecule has 1 atom stereocenters. The Morgan fingerprint density at radius 2 is 1.93 bits per heavy atom. The molecule has 1 unspecified atom stereocenters. The maximum Gasteiger partial charge on any atom is 0.341 e. The van der Waals surface area contributed by atoms with Crippen LogP contribution in [-0.2, 0) is 4.74 Å². The number of nitrogens with zero attached hydrogens (tertiary/aromatic N) is 3. The van der Waals surface area contributed by atoms with E-state index >= 15 is 0 Å². The minimum atomic E-state index is -0.374. The third-order valence-corrected chi connectivity index (χ3v) is 5.73. The molecular weight excluding hydrogens is 376 g/mol. The summed E-state index contributed by atoms with van der Waals surface area (Å²) in [7, 11) is 2.18. The van der Waals surface area contributed by atoms with Crippen LogP contribution in [0.3, 0.4) is 0 Å². The van der Waals surface area contributed by atoms with E-state index in [0.29, 0.717) is 18.2 Å². The van der Waals surface area contributed by atoms with E-state index in [0.717, 1.165) is 41.9 Å². The topological polar surface area (TPSA) is 57.7 Å². The van der Waals surface area contributed by atoms with Crippen LogP contribution >= 0.6 is 0 Å². The Hall–Kier alpha value is -3.12. The zero-order chi connectivity index (χ0) is 21.1. The zero-order valence-electron chi connectivity index (χ0n) is 17.8. The second kappa shape index (κ2) is 8.71. The van der Waals surface area contributed by atoms with Gasteiger partial charge in [-0.25, -0.2) is 4.79 Å². The Morgan fingerprint density at radius 1 is 1.17 bits per heavy atom. The first-order valence-corrected chi connectivity index (χ1v) is 10.4. The largest absolute Gasteiger partial charge is 0.462 e. The number of carbonyl (C=O) groups excluding carboxylic acids is 1. The van der Waals surface area contributed by atoms with E-state index in [2.05, 4.69) is 58.3 Å². The number of nitrogens with one attached hydrogen (secondary N) is 1. The van der Waals surface area contributed by atoms with Crippen molar-refractivity contribution in [3.63, 3.8) is 0 Å². The van der Waals surface area contributed by atoms with Gasteiger partial charge in [-0.2, -0.15) is 0 Å². The predicted octanol–water partition coefficient (Wildman–Crippen LogP) is 4.30. The molecule has 3 aromatic rings. The number of benzene rings is 2. The van der Waals surface area contributed by atoms with E-state index in [9.17, 15) is 4.79 Å². The third-order valence-electron chi connectivity index (χ3n) is 5.73. The molecule has 2 aromatic carbocycles. The second-order valence-electron chi connectivity index (χ2n) is 7.73. The molecule has 6 nitrogen and oxygen atoms in total. The number of ether oxygens (including phenoxy) is 1. The number of para-hydroxylation sites is 1. The van der Waals surface area contributed by atoms with Crippen molar-refractivity contribution >= 4 is 33.9 Å². The Morgan fingerprint density at radius 3 is 2.67 bits per heavy atom. The van der Waals surface area contributed by atoms with E-state index in [1.165, 1.54) is 5.69 Å². The van der Waals surface area contributed by atoms with Gasteiger partial charge in [-0.15, -0.1) is 0 Å². The first kappa shape index (κ1) is 20.2. The van der Waals surface area contributed by atoms with Crippen LogP contribution in [0.1, 0.15) is 24.2 Å². The Labute approximate surface area is 177 Å². The molecule has 30 heavy (non-hydrogen) atoms. The number of fused-ring (bicyclic) bond motifs is 1. The van der Waals surface area contributed by atoms with E-state index in [-0.39, 0.29) is 5.97 Å². The molecule has 0 saturated carbocycles. The van der Waals surface area contributed by atoms with Crippen molar-refractivity contribution in [1.29, 1.82) is 0 Å². The first-order chi connectivity index (χ1) is 14.6. The highest BCUT2D eigenvalue weighted by Crippen LogP contribution is 2.30. The number of hydrogen-bond acceptors (Lipinski definition) is 6. The monoisotopic (exact) mass is 404 g/mol. The Bertz CT molecular complexity index is 1040. The normalized spacial score (nSPS) is 17.2. The van der Waals surface area contributed by atoms with Gasteiger partial charge in [-0.05, 0) is 51.2 Å². The molecule has 1 N–H and O–H groups in total. The minimum Gasteiger partial charge on any atom is -0.462 e. The molecule has 1 aromatic heterocycles. The van der Waals surface area contributed by atoms with Crippen LogP contribution in [0.15, 0.2) is 54.7 Å². The van der Waals surface area contributed by atoms with Gasteiger partial charge in [-0.3, -0.25) is 4.98 Å². The van der Waals surface area contributed by atoms with Gasteiger partial charge >= 0.3 is 5.97 Å². The van der Waals surface area contributed by atoms with Crippen molar-refractivity contribution in [3.8, 4) is 0 Å². The molecule has 6 heteroatoms. The molecule has 1 fully saturated rings. The average molecular weight is 405 g/mol. The SMILES string of the molecule is CCOC(=O)c1cnc2ccccc2c1Nc1ccc(N2CCN(C)C(C)C2)cc1. The molecule has 0 bridgehead atoms. The van der Waals surface area contributed by atoms with Crippen LogP contribution in [0.2, 0.25) is 0 Å². The number of anilines is 3. The fourth-order valence-corrected chi connectivity index (χ4v) is 3.82. The van der Waals surface area contributed by atoms with Gasteiger partial charge in [0.05, 0.1) is 17.8 Å². The van der Waals surface area contributed by atoms with Crippen LogP contribution in [0.4, 0.5) is 17.1 Å². The van der Waals surface area contributed by atoms with Crippen LogP contribution in [0.5, 0.6) is 0 Å². The second-order valence-corrected chi connectivity index (χ2v) is 7.73. The summed E-state index contributed by atoms with van der Waals surface area (Å²) in [6.45, 7) is 7.49. The summed E-state index contributed by atoms with van der Waals surface area (Å²) in [6.07, 6.45) is 1.59. The van der Waals surface area contributed by atoms with Gasteiger partial charge in [0.2, 0.25) is 0 Å². The molecule has 1 aliphatic heterocycles. The van der Waals surface area contributed by atoms with Crippen molar-refractivity contribution in [2.75, 3.05) is 43.5 Å². The maximum atomic E-state index is 12.5. The molecular formula is C24H28N4O2. The molecule has 0 spiro atoms. The fourth-order valence-electron chi connectivity index (χ4n) is 3.82. The van der Waals surface area contributed by atoms with Crippen LogP contribution in [0.25, 0.3) is 10.9 Å². The summed E-state index contributed by atoms with van der Waals surface area (Å²) in [5.74, 6) is -0.374. The number of likely N-dealkylation sites (N-methyl/N-ethyl adjacent to an activating group) is 1. The number of rotatable bonds is 5. The summed E-state index contributed by atoms with van der Waals surface area (Å²) in [4.78, 5) is 21.7. The molecule has 0 amide bonds. The van der Waals surface area contributed by atoms with Crippen LogP contribution < -0.4 is 10.2 Å². The van der Waals surface area contributed by atoms with Gasteiger partial charge in [0.15, 0.2) is 0 Å². The highest BCUT2D eigenvalue weighted by atomic mass is 16.5. The zero-order valence-corrected chi connectivity index (χ0v) is 17.8. The van der Waals surface area contributed by atoms with Crippen molar-refractivity contribution in [1.82, 2.24) is 9.88 Å². The lowest BCUT2D eigenvalue weighted by Crippen LogP contribution is -2.50. The molecule has 2 heterocycles. The standard InChI is InChI=1S/C24H28N4O2/c1-4-30-24(29)21-15-25-22-8-6-5-7-20(22)23(21)26-18-9-11-19(12-10-18)28-14-13-27(3)17(2)16-28/h5-12,15,17H,4,13-14,16H2,1-3H3,(H,25,26). The van der Waals surface area contributed by atoms with Gasteiger partial charge in [0.25, 0.3) is 0 Å². The third kappa shape index (κ3) is 4.09. The van der Waals surface area contributed by atoms with Crippen molar-refractivity contribution in [2.45, 2.75) is 19.9 Å². The van der Waals surface area contributed by atoms with Crippen molar-refractivity contribution < 1.29 is 9.53 Å². The van der Waals surface area contributed by atoms with E-state index in [1.54, 1.807) is 13.1 Å². The predicted molar refractivity (Wildman–Crippen MR) is 122 cm³/mol. The highest BCUT2D eigenvalue weighted by Gasteiger charge is 2.21. The fraction of sp³-hybridized carbons (Fsp3) is 0.333. The van der Waals surface area contributed by atoms with Gasteiger partial charge < -0.3 is 19.9 Å². The summed E-state index contributed by atoms with van der Waals surface area (Å²) in [6, 6.07) is 16.7. The van der Waals surface area contributed by atoms with Crippen molar-refractivity contribution in [2.24, 2.45) is 0 Å². The van der Waals surface area contributed by atoms with Gasteiger partial charge in [0, 0.05) is 48.6 Å². The quantitative estimate of drug-likeness (QED) is 0.640. The summed E-state index contributed by atoms with van der Waals surface area (Å²) < 4.78 is 5.24. The number of aromatic nitrogens is 1. The summed E-state index contributed by atoms with van der Waals surface area (Å²) in [5, 5.41) is 4.32. The number of carbonyl (C=O) groups is 1. The van der Waals surface area contributed by atoms with Crippen LogP contribution in [-0.4, -0.2) is 55.2 Å². The summed E-state index contributed by atoms with van der Waals surface area (Å²) >= 11 is 0. The summed E-state index contributed by atoms with van der Waals surface area (Å²) in [5.41, 5.74) is 4.12. The Balaban J connectivity index is 1.62. The lowest BCUT2D eigenvalue weighted by molar-refractivity contribution is 0.0527. The lowest BCUT2D eigenvalue weighted by Gasteiger charge is -2.39. The highest BCUT2D eigenvalue weighted by molar-refractivity contribution is 6.06. The number of piperazine rings is 1. The average Bonchev–Trinajstić information content (AvgIpc) is 2.76. The number of hydrogen-bond donors (Lipinski definition) is 1.